The molecular formula is C17H15ClF3N3O2. The quantitative estimate of drug-likeness (QED) is 0.817. The van der Waals surface area contributed by atoms with Crippen molar-refractivity contribution in [3.8, 4) is 5.75 Å². The number of halogens is 4. The van der Waals surface area contributed by atoms with Gasteiger partial charge in [-0.15, -0.1) is 0 Å². The third-order valence-corrected chi connectivity index (χ3v) is 4.09. The molecule has 0 aromatic carbocycles. The average molecular weight is 386 g/mol. The second kappa shape index (κ2) is 7.49. The van der Waals surface area contributed by atoms with Crippen LogP contribution in [0.15, 0.2) is 36.7 Å². The molecule has 1 saturated carbocycles. The molecule has 26 heavy (non-hydrogen) atoms. The first kappa shape index (κ1) is 18.4. The number of aromatic nitrogens is 2. The van der Waals surface area contributed by atoms with Gasteiger partial charge in [0.2, 0.25) is 0 Å². The molecule has 0 aliphatic heterocycles. The maximum Gasteiger partial charge on any atom is 0.414 e. The van der Waals surface area contributed by atoms with Crippen molar-refractivity contribution >= 4 is 17.5 Å². The first-order valence-electron chi connectivity index (χ1n) is 7.91. The third-order valence-electron chi connectivity index (χ3n) is 3.81. The SMILES string of the molecule is O=C(NC(c1ccccn1)C(F)(F)F)c1cc(OCC2CC2)c(Cl)cn1. The molecule has 1 N–H and O–H groups in total. The Hall–Kier alpha value is -2.35. The zero-order valence-electron chi connectivity index (χ0n) is 13.5. The fourth-order valence-electron chi connectivity index (χ4n) is 2.22. The number of pyridine rings is 2. The lowest BCUT2D eigenvalue weighted by Gasteiger charge is -2.21. The number of nitrogens with zero attached hydrogens (tertiary/aromatic N) is 2. The van der Waals surface area contributed by atoms with E-state index in [0.29, 0.717) is 12.5 Å². The molecule has 2 heterocycles. The van der Waals surface area contributed by atoms with E-state index in [4.69, 9.17) is 16.3 Å². The highest BCUT2D eigenvalue weighted by Crippen LogP contribution is 2.33. The van der Waals surface area contributed by atoms with Gasteiger partial charge in [-0.25, -0.2) is 4.98 Å². The van der Waals surface area contributed by atoms with E-state index >= 15 is 0 Å². The molecule has 138 valence electrons. The highest BCUT2D eigenvalue weighted by atomic mass is 35.5. The number of carbonyl (C=O) groups is 1. The summed E-state index contributed by atoms with van der Waals surface area (Å²) < 4.78 is 45.5. The topological polar surface area (TPSA) is 64.1 Å². The predicted octanol–water partition coefficient (Wildman–Crippen LogP) is 3.95. The van der Waals surface area contributed by atoms with E-state index in [1.807, 2.05) is 5.32 Å². The summed E-state index contributed by atoms with van der Waals surface area (Å²) in [5.41, 5.74) is -0.530. The fraction of sp³-hybridized carbons (Fsp3) is 0.353. The van der Waals surface area contributed by atoms with E-state index < -0.39 is 18.1 Å². The van der Waals surface area contributed by atoms with Gasteiger partial charge in [-0.05, 0) is 30.9 Å². The van der Waals surface area contributed by atoms with Crippen molar-refractivity contribution in [3.05, 3.63) is 53.1 Å². The largest absolute Gasteiger partial charge is 0.492 e. The van der Waals surface area contributed by atoms with Crippen LogP contribution >= 0.6 is 11.6 Å². The Morgan fingerprint density at radius 3 is 2.73 bits per heavy atom. The minimum absolute atomic E-state index is 0.194. The Bertz CT molecular complexity index is 783. The Morgan fingerprint density at radius 1 is 1.35 bits per heavy atom. The van der Waals surface area contributed by atoms with Gasteiger partial charge in [0.05, 0.1) is 18.5 Å². The fourth-order valence-corrected chi connectivity index (χ4v) is 2.38. The van der Waals surface area contributed by atoms with Crippen molar-refractivity contribution in [2.45, 2.75) is 25.1 Å². The molecular weight excluding hydrogens is 371 g/mol. The smallest absolute Gasteiger partial charge is 0.414 e. The van der Waals surface area contributed by atoms with Crippen LogP contribution in [0.3, 0.4) is 0 Å². The molecule has 1 fully saturated rings. The van der Waals surface area contributed by atoms with Gasteiger partial charge in [0, 0.05) is 12.3 Å². The van der Waals surface area contributed by atoms with Crippen LogP contribution in [0.2, 0.25) is 5.02 Å². The van der Waals surface area contributed by atoms with Gasteiger partial charge in [0.15, 0.2) is 6.04 Å². The first-order valence-corrected chi connectivity index (χ1v) is 8.29. The minimum Gasteiger partial charge on any atom is -0.492 e. The van der Waals surface area contributed by atoms with Crippen LogP contribution in [-0.2, 0) is 0 Å². The molecule has 1 unspecified atom stereocenters. The van der Waals surface area contributed by atoms with E-state index in [1.165, 1.54) is 36.7 Å². The number of carbonyl (C=O) groups excluding carboxylic acids is 1. The summed E-state index contributed by atoms with van der Waals surface area (Å²) >= 11 is 5.97. The van der Waals surface area contributed by atoms with E-state index in [1.54, 1.807) is 0 Å². The molecule has 5 nitrogen and oxygen atoms in total. The maximum atomic E-state index is 13.3. The summed E-state index contributed by atoms with van der Waals surface area (Å²) in [6.45, 7) is 0.448. The molecule has 2 aromatic rings. The van der Waals surface area contributed by atoms with E-state index in [0.717, 1.165) is 12.8 Å². The number of nitrogens with one attached hydrogen (secondary N) is 1. The summed E-state index contributed by atoms with van der Waals surface area (Å²) in [4.78, 5) is 19.8. The predicted molar refractivity (Wildman–Crippen MR) is 88.0 cm³/mol. The lowest BCUT2D eigenvalue weighted by molar-refractivity contribution is -0.156. The van der Waals surface area contributed by atoms with Crippen molar-refractivity contribution in [2.75, 3.05) is 6.61 Å². The number of alkyl halides is 3. The van der Waals surface area contributed by atoms with Gasteiger partial charge in [0.1, 0.15) is 16.5 Å². The van der Waals surface area contributed by atoms with Gasteiger partial charge in [-0.1, -0.05) is 17.7 Å². The van der Waals surface area contributed by atoms with Gasteiger partial charge >= 0.3 is 6.18 Å². The Labute approximate surface area is 152 Å². The normalized spacial score (nSPS) is 15.4. The molecule has 1 aliphatic carbocycles. The zero-order valence-corrected chi connectivity index (χ0v) is 14.2. The van der Waals surface area contributed by atoms with Crippen molar-refractivity contribution in [3.63, 3.8) is 0 Å². The second-order valence-electron chi connectivity index (χ2n) is 5.96. The summed E-state index contributed by atoms with van der Waals surface area (Å²) in [5, 5.41) is 2.12. The number of amides is 1. The molecule has 0 saturated heterocycles. The molecule has 9 heteroatoms. The summed E-state index contributed by atoms with van der Waals surface area (Å²) in [7, 11) is 0. The van der Waals surface area contributed by atoms with Gasteiger partial charge < -0.3 is 10.1 Å². The molecule has 3 rings (SSSR count). The van der Waals surface area contributed by atoms with E-state index in [9.17, 15) is 18.0 Å². The van der Waals surface area contributed by atoms with Gasteiger partial charge in [-0.3, -0.25) is 9.78 Å². The highest BCUT2D eigenvalue weighted by Gasteiger charge is 2.43. The lowest BCUT2D eigenvalue weighted by atomic mass is 10.1. The van der Waals surface area contributed by atoms with Gasteiger partial charge in [0.25, 0.3) is 5.91 Å². The van der Waals surface area contributed by atoms with Crippen molar-refractivity contribution in [2.24, 2.45) is 5.92 Å². The minimum atomic E-state index is -4.71. The Morgan fingerprint density at radius 2 is 2.12 bits per heavy atom. The van der Waals surface area contributed by atoms with Crippen LogP contribution in [0.25, 0.3) is 0 Å². The number of hydrogen-bond donors (Lipinski definition) is 1. The maximum absolute atomic E-state index is 13.3. The molecule has 0 radical (unpaired) electrons. The van der Waals surface area contributed by atoms with Crippen LogP contribution in [0.1, 0.15) is 35.1 Å². The molecule has 0 spiro atoms. The summed E-state index contributed by atoms with van der Waals surface area (Å²) in [6.07, 6.45) is -0.171. The number of ether oxygens (including phenoxy) is 1. The van der Waals surface area contributed by atoms with Crippen LogP contribution in [0, 0.1) is 5.92 Å². The molecule has 2 aromatic heterocycles. The highest BCUT2D eigenvalue weighted by molar-refractivity contribution is 6.32. The molecule has 1 aliphatic rings. The number of hydrogen-bond acceptors (Lipinski definition) is 4. The van der Waals surface area contributed by atoms with Gasteiger partial charge in [-0.2, -0.15) is 13.2 Å². The summed E-state index contributed by atoms with van der Waals surface area (Å²) in [5.74, 6) is -0.318. The van der Waals surface area contributed by atoms with Crippen LogP contribution in [-0.4, -0.2) is 28.7 Å². The third kappa shape index (κ3) is 4.63. The van der Waals surface area contributed by atoms with Crippen molar-refractivity contribution in [1.82, 2.24) is 15.3 Å². The van der Waals surface area contributed by atoms with Crippen molar-refractivity contribution < 1.29 is 22.7 Å². The zero-order chi connectivity index (χ0) is 18.7. The van der Waals surface area contributed by atoms with E-state index in [2.05, 4.69) is 9.97 Å². The van der Waals surface area contributed by atoms with Crippen LogP contribution in [0.4, 0.5) is 13.2 Å². The van der Waals surface area contributed by atoms with Crippen LogP contribution < -0.4 is 10.1 Å². The summed E-state index contributed by atoms with van der Waals surface area (Å²) in [6, 6.07) is 3.09. The lowest BCUT2D eigenvalue weighted by Crippen LogP contribution is -2.39. The Balaban J connectivity index is 1.77. The molecule has 0 bridgehead atoms. The average Bonchev–Trinajstić information content (AvgIpc) is 3.43. The Kier molecular flexibility index (Phi) is 5.31. The van der Waals surface area contributed by atoms with Crippen LogP contribution in [0.5, 0.6) is 5.75 Å². The number of rotatable bonds is 6. The standard InChI is InChI=1S/C17H15ClF3N3O2/c18-11-8-23-13(7-14(11)26-9-10-4-5-10)16(25)24-15(17(19,20)21)12-3-1-2-6-22-12/h1-3,6-8,10,15H,4-5,9H2,(H,24,25). The van der Waals surface area contributed by atoms with E-state index in [-0.39, 0.29) is 22.2 Å². The molecule has 1 amide bonds. The monoisotopic (exact) mass is 385 g/mol. The first-order chi connectivity index (χ1) is 12.3. The van der Waals surface area contributed by atoms with Crippen molar-refractivity contribution in [1.29, 1.82) is 0 Å². The molecule has 1 atom stereocenters. The second-order valence-corrected chi connectivity index (χ2v) is 6.36.